The molecule has 3 N–H and O–H groups in total. The smallest absolute Gasteiger partial charge is 0.310 e. The van der Waals surface area contributed by atoms with E-state index >= 15 is 0 Å². The van der Waals surface area contributed by atoms with Crippen molar-refractivity contribution in [3.63, 3.8) is 0 Å². The van der Waals surface area contributed by atoms with Gasteiger partial charge in [-0.25, -0.2) is 0 Å². The van der Waals surface area contributed by atoms with Crippen LogP contribution in [0.25, 0.3) is 0 Å². The molecule has 0 radical (unpaired) electrons. The molecule has 0 saturated carbocycles. The highest BCUT2D eigenvalue weighted by molar-refractivity contribution is 5.96. The second kappa shape index (κ2) is 4.64. The molecular formula is C14H13NO5. The molecule has 0 aliphatic carbocycles. The summed E-state index contributed by atoms with van der Waals surface area (Å²) in [6, 6.07) is 6.10. The zero-order chi connectivity index (χ0) is 14.3. The van der Waals surface area contributed by atoms with E-state index in [1.165, 1.54) is 12.1 Å². The molecule has 0 unspecified atom stereocenters. The van der Waals surface area contributed by atoms with Gasteiger partial charge in [0, 0.05) is 11.8 Å². The Bertz CT molecular complexity index is 597. The van der Waals surface area contributed by atoms with Crippen LogP contribution in [0.2, 0.25) is 0 Å². The van der Waals surface area contributed by atoms with Gasteiger partial charge in [-0.1, -0.05) is 18.2 Å². The van der Waals surface area contributed by atoms with Crippen LogP contribution in [-0.2, 0) is 14.3 Å². The number of carbonyl (C=O) groups is 2. The second-order valence-electron chi connectivity index (χ2n) is 4.88. The van der Waals surface area contributed by atoms with Gasteiger partial charge in [0.15, 0.2) is 0 Å². The van der Waals surface area contributed by atoms with Crippen molar-refractivity contribution in [3.05, 3.63) is 36.4 Å². The quantitative estimate of drug-likeness (QED) is 0.715. The molecule has 2 aliphatic heterocycles. The average Bonchev–Trinajstić information content (AvgIpc) is 2.98. The molecule has 6 heteroatoms. The Kier molecular flexibility index (Phi) is 2.94. The predicted molar refractivity (Wildman–Crippen MR) is 69.2 cm³/mol. The summed E-state index contributed by atoms with van der Waals surface area (Å²) < 4.78 is 5.44. The monoisotopic (exact) mass is 275 g/mol. The van der Waals surface area contributed by atoms with Gasteiger partial charge in [0.25, 0.3) is 0 Å². The molecule has 0 spiro atoms. The van der Waals surface area contributed by atoms with E-state index in [1.807, 2.05) is 0 Å². The van der Waals surface area contributed by atoms with E-state index in [0.717, 1.165) is 0 Å². The van der Waals surface area contributed by atoms with Gasteiger partial charge < -0.3 is 20.3 Å². The van der Waals surface area contributed by atoms with Gasteiger partial charge in [-0.15, -0.1) is 0 Å². The Morgan fingerprint density at radius 2 is 1.85 bits per heavy atom. The number of hydrogen-bond acceptors (Lipinski definition) is 4. The van der Waals surface area contributed by atoms with Crippen LogP contribution >= 0.6 is 0 Å². The molecule has 1 saturated heterocycles. The van der Waals surface area contributed by atoms with Gasteiger partial charge in [0.2, 0.25) is 5.91 Å². The van der Waals surface area contributed by atoms with Gasteiger partial charge in [-0.2, -0.15) is 0 Å². The number of rotatable bonds is 3. The molecule has 0 aromatic heterocycles. The Labute approximate surface area is 114 Å². The molecule has 2 aliphatic rings. The first-order valence-electron chi connectivity index (χ1n) is 6.23. The van der Waals surface area contributed by atoms with Crippen molar-refractivity contribution >= 4 is 17.6 Å². The number of carboxylic acids is 1. The van der Waals surface area contributed by atoms with Gasteiger partial charge in [0.05, 0.1) is 18.1 Å². The van der Waals surface area contributed by atoms with Crippen LogP contribution in [0.15, 0.2) is 36.4 Å². The third-order valence-corrected chi connectivity index (χ3v) is 3.60. The fraction of sp³-hybridized carbons (Fsp3) is 0.286. The fourth-order valence-electron chi connectivity index (χ4n) is 2.72. The molecule has 1 fully saturated rings. The van der Waals surface area contributed by atoms with Crippen molar-refractivity contribution in [2.45, 2.75) is 12.2 Å². The topological polar surface area (TPSA) is 95.9 Å². The lowest BCUT2D eigenvalue weighted by Crippen LogP contribution is -2.39. The molecule has 3 rings (SSSR count). The molecular weight excluding hydrogens is 262 g/mol. The average molecular weight is 275 g/mol. The predicted octanol–water partition coefficient (Wildman–Crippen LogP) is 0.985. The van der Waals surface area contributed by atoms with Gasteiger partial charge in [0.1, 0.15) is 11.7 Å². The largest absolute Gasteiger partial charge is 0.508 e. The number of aliphatic carboxylic acids is 1. The molecule has 1 aromatic carbocycles. The maximum Gasteiger partial charge on any atom is 0.310 e. The number of carbonyl (C=O) groups excluding carboxylic acids is 1. The lowest BCUT2D eigenvalue weighted by Gasteiger charge is -2.21. The number of amides is 1. The summed E-state index contributed by atoms with van der Waals surface area (Å²) in [5, 5.41) is 21.2. The SMILES string of the molecule is O=C(O)[C@@H]1[C@H](C(=O)Nc2cccc(O)c2)[C@H]2C=C[C@@H]1O2. The molecule has 20 heavy (non-hydrogen) atoms. The summed E-state index contributed by atoms with van der Waals surface area (Å²) in [4.78, 5) is 23.5. The van der Waals surface area contributed by atoms with Gasteiger partial charge >= 0.3 is 5.97 Å². The van der Waals surface area contributed by atoms with Crippen LogP contribution in [0.3, 0.4) is 0 Å². The molecule has 6 nitrogen and oxygen atoms in total. The normalized spacial score (nSPS) is 30.4. The highest BCUT2D eigenvalue weighted by atomic mass is 16.5. The number of aromatic hydroxyl groups is 1. The minimum Gasteiger partial charge on any atom is -0.508 e. The van der Waals surface area contributed by atoms with Crippen LogP contribution in [0, 0.1) is 11.8 Å². The number of nitrogens with one attached hydrogen (secondary N) is 1. The Balaban J connectivity index is 1.80. The highest BCUT2D eigenvalue weighted by Gasteiger charge is 2.53. The van der Waals surface area contributed by atoms with E-state index in [1.54, 1.807) is 24.3 Å². The molecule has 1 aromatic rings. The summed E-state index contributed by atoms with van der Waals surface area (Å²) in [6.45, 7) is 0. The Hall–Kier alpha value is -2.34. The zero-order valence-corrected chi connectivity index (χ0v) is 10.4. The first kappa shape index (κ1) is 12.7. The third kappa shape index (κ3) is 2.04. The van der Waals surface area contributed by atoms with Crippen molar-refractivity contribution < 1.29 is 24.5 Å². The zero-order valence-electron chi connectivity index (χ0n) is 10.4. The lowest BCUT2D eigenvalue weighted by atomic mass is 9.82. The maximum absolute atomic E-state index is 12.3. The van der Waals surface area contributed by atoms with Gasteiger partial charge in [-0.3, -0.25) is 9.59 Å². The number of fused-ring (bicyclic) bond motifs is 2. The van der Waals surface area contributed by atoms with E-state index in [2.05, 4.69) is 5.32 Å². The number of benzene rings is 1. The summed E-state index contributed by atoms with van der Waals surface area (Å²) in [5.41, 5.74) is 0.422. The fourth-order valence-corrected chi connectivity index (χ4v) is 2.72. The second-order valence-corrected chi connectivity index (χ2v) is 4.88. The van der Waals surface area contributed by atoms with Crippen molar-refractivity contribution in [3.8, 4) is 5.75 Å². The lowest BCUT2D eigenvalue weighted by molar-refractivity contribution is -0.145. The Morgan fingerprint density at radius 3 is 2.50 bits per heavy atom. The summed E-state index contributed by atoms with van der Waals surface area (Å²) >= 11 is 0. The third-order valence-electron chi connectivity index (χ3n) is 3.60. The number of ether oxygens (including phenoxy) is 1. The van der Waals surface area contributed by atoms with Gasteiger partial charge in [-0.05, 0) is 12.1 Å². The van der Waals surface area contributed by atoms with Crippen LogP contribution in [-0.4, -0.2) is 34.3 Å². The van der Waals surface area contributed by atoms with E-state index < -0.39 is 35.9 Å². The molecule has 104 valence electrons. The Morgan fingerprint density at radius 1 is 1.15 bits per heavy atom. The minimum absolute atomic E-state index is 0.0293. The molecule has 1 amide bonds. The first-order chi connectivity index (χ1) is 9.56. The number of phenols is 1. The summed E-state index contributed by atoms with van der Waals surface area (Å²) in [5.74, 6) is -3.06. The maximum atomic E-state index is 12.3. The molecule has 2 heterocycles. The first-order valence-corrected chi connectivity index (χ1v) is 6.23. The van der Waals surface area contributed by atoms with Crippen molar-refractivity contribution in [2.75, 3.05) is 5.32 Å². The van der Waals surface area contributed by atoms with Crippen LogP contribution in [0.5, 0.6) is 5.75 Å². The minimum atomic E-state index is -1.04. The van der Waals surface area contributed by atoms with Crippen LogP contribution in [0.4, 0.5) is 5.69 Å². The van der Waals surface area contributed by atoms with E-state index in [0.29, 0.717) is 5.69 Å². The van der Waals surface area contributed by atoms with E-state index in [-0.39, 0.29) is 5.75 Å². The number of anilines is 1. The van der Waals surface area contributed by atoms with Crippen LogP contribution < -0.4 is 5.32 Å². The molecule has 4 atom stereocenters. The number of hydrogen-bond donors (Lipinski definition) is 3. The summed E-state index contributed by atoms with van der Waals surface area (Å²) in [7, 11) is 0. The van der Waals surface area contributed by atoms with E-state index in [9.17, 15) is 19.8 Å². The molecule has 2 bridgehead atoms. The standard InChI is InChI=1S/C14H13NO5/c16-8-3-1-2-7(6-8)15-13(17)11-9-4-5-10(20-9)12(11)14(18)19/h1-6,9-12,16H,(H,15,17)(H,18,19)/t9-,10+,11-,12+/m1/s1. The highest BCUT2D eigenvalue weighted by Crippen LogP contribution is 2.39. The van der Waals surface area contributed by atoms with Crippen LogP contribution in [0.1, 0.15) is 0 Å². The van der Waals surface area contributed by atoms with E-state index in [4.69, 9.17) is 4.74 Å². The summed E-state index contributed by atoms with van der Waals surface area (Å²) in [6.07, 6.45) is 2.36. The number of phenolic OH excluding ortho intramolecular Hbond substituents is 1. The van der Waals surface area contributed by atoms with Crippen molar-refractivity contribution in [1.82, 2.24) is 0 Å². The van der Waals surface area contributed by atoms with Crippen molar-refractivity contribution in [2.24, 2.45) is 11.8 Å². The van der Waals surface area contributed by atoms with Crippen molar-refractivity contribution in [1.29, 1.82) is 0 Å². The number of carboxylic acid groups (broad SMARTS) is 1.